The third kappa shape index (κ3) is 2.79. The van der Waals surface area contributed by atoms with Gasteiger partial charge >= 0.3 is 0 Å². The van der Waals surface area contributed by atoms with Gasteiger partial charge in [-0.2, -0.15) is 5.26 Å². The Kier molecular flexibility index (Phi) is 3.32. The van der Waals surface area contributed by atoms with E-state index in [1.807, 2.05) is 30.4 Å². The topological polar surface area (TPSA) is 40.9 Å². The van der Waals surface area contributed by atoms with E-state index in [-0.39, 0.29) is 5.78 Å². The molecule has 0 bridgehead atoms. The second-order valence-electron chi connectivity index (χ2n) is 3.73. The second-order valence-corrected chi connectivity index (χ2v) is 3.73. The molecule has 0 fully saturated rings. The highest BCUT2D eigenvalue weighted by molar-refractivity contribution is 6.08. The number of allylic oxidation sites excluding steroid dienone is 5. The lowest BCUT2D eigenvalue weighted by molar-refractivity contribution is -0.111. The molecule has 0 spiro atoms. The Bertz CT molecular complexity index is 554. The molecule has 2 nitrogen and oxygen atoms in total. The van der Waals surface area contributed by atoms with Crippen molar-refractivity contribution in [2.45, 2.75) is 6.42 Å². The zero-order valence-electron chi connectivity index (χ0n) is 9.26. The summed E-state index contributed by atoms with van der Waals surface area (Å²) in [5.74, 6) is 0.0168. The van der Waals surface area contributed by atoms with Crippen molar-refractivity contribution in [3.63, 3.8) is 0 Å². The Labute approximate surface area is 100 Å². The van der Waals surface area contributed by atoms with Crippen molar-refractivity contribution in [1.29, 1.82) is 5.26 Å². The van der Waals surface area contributed by atoms with Crippen molar-refractivity contribution in [3.8, 4) is 6.07 Å². The van der Waals surface area contributed by atoms with Crippen LogP contribution in [-0.2, 0) is 4.79 Å². The number of benzene rings is 1. The van der Waals surface area contributed by atoms with Crippen LogP contribution in [0.4, 0.5) is 0 Å². The Balaban J connectivity index is 2.07. The minimum atomic E-state index is 0.0168. The van der Waals surface area contributed by atoms with E-state index in [1.165, 1.54) is 0 Å². The Morgan fingerprint density at radius 1 is 1.29 bits per heavy atom. The summed E-state index contributed by atoms with van der Waals surface area (Å²) >= 11 is 0. The van der Waals surface area contributed by atoms with Gasteiger partial charge in [-0.25, -0.2) is 0 Å². The third-order valence-corrected chi connectivity index (χ3v) is 2.52. The van der Waals surface area contributed by atoms with Crippen LogP contribution in [0.3, 0.4) is 0 Å². The van der Waals surface area contributed by atoms with E-state index < -0.39 is 0 Å². The number of hydrogen-bond donors (Lipinski definition) is 0. The number of nitrogens with zero attached hydrogens (tertiary/aromatic N) is 1. The fourth-order valence-corrected chi connectivity index (χ4v) is 1.58. The molecule has 2 rings (SSSR count). The Morgan fingerprint density at radius 3 is 2.65 bits per heavy atom. The molecule has 0 aliphatic heterocycles. The summed E-state index contributed by atoms with van der Waals surface area (Å²) in [5.41, 5.74) is 2.28. The van der Waals surface area contributed by atoms with Crippen molar-refractivity contribution >= 4 is 11.9 Å². The molecule has 1 aromatic carbocycles. The van der Waals surface area contributed by atoms with Crippen LogP contribution >= 0.6 is 0 Å². The smallest absolute Gasteiger partial charge is 0.185 e. The quantitative estimate of drug-likeness (QED) is 0.736. The van der Waals surface area contributed by atoms with Gasteiger partial charge in [0.2, 0.25) is 0 Å². The van der Waals surface area contributed by atoms with Crippen molar-refractivity contribution in [1.82, 2.24) is 0 Å². The van der Waals surface area contributed by atoms with Gasteiger partial charge in [-0.3, -0.25) is 4.79 Å². The van der Waals surface area contributed by atoms with Gasteiger partial charge in [0.15, 0.2) is 5.78 Å². The molecule has 0 aromatic heterocycles. The third-order valence-electron chi connectivity index (χ3n) is 2.52. The maximum absolute atomic E-state index is 11.7. The first kappa shape index (κ1) is 11.1. The van der Waals surface area contributed by atoms with E-state index >= 15 is 0 Å². The maximum Gasteiger partial charge on any atom is 0.185 e. The average Bonchev–Trinajstić information content (AvgIpc) is 2.90. The number of hydrogen-bond acceptors (Lipinski definition) is 2. The van der Waals surface area contributed by atoms with Crippen LogP contribution in [0.1, 0.15) is 17.5 Å². The molecule has 0 unspecified atom stereocenters. The molecule has 82 valence electrons. The summed E-state index contributed by atoms with van der Waals surface area (Å²) < 4.78 is 0. The number of nitriles is 1. The number of carbonyl (C=O) groups is 1. The minimum Gasteiger partial charge on any atom is -0.289 e. The van der Waals surface area contributed by atoms with Crippen molar-refractivity contribution in [2.24, 2.45) is 0 Å². The zero-order valence-corrected chi connectivity index (χ0v) is 9.26. The van der Waals surface area contributed by atoms with Gasteiger partial charge in [0, 0.05) is 5.57 Å². The summed E-state index contributed by atoms with van der Waals surface area (Å²) in [4.78, 5) is 11.7. The number of ketones is 1. The highest BCUT2D eigenvalue weighted by atomic mass is 16.1. The van der Waals surface area contributed by atoms with Gasteiger partial charge in [-0.15, -0.1) is 0 Å². The lowest BCUT2D eigenvalue weighted by Gasteiger charge is -1.94. The molecule has 0 N–H and O–H groups in total. The maximum atomic E-state index is 11.7. The number of carbonyl (C=O) groups excluding carboxylic acids is 1. The van der Waals surface area contributed by atoms with Crippen LogP contribution in [-0.4, -0.2) is 5.78 Å². The molecule has 0 atom stereocenters. The van der Waals surface area contributed by atoms with E-state index in [2.05, 4.69) is 6.07 Å². The largest absolute Gasteiger partial charge is 0.289 e. The highest BCUT2D eigenvalue weighted by Gasteiger charge is 2.04. The second kappa shape index (κ2) is 5.09. The standard InChI is InChI=1S/C15H11NO/c16-11-13-7-5-12(6-8-13)9-10-15(17)14-3-1-2-4-14/h1,3-10H,2H2/b10-9+. The predicted octanol–water partition coefficient (Wildman–Crippen LogP) is 3.03. The molecule has 17 heavy (non-hydrogen) atoms. The van der Waals surface area contributed by atoms with Crippen LogP contribution in [0.5, 0.6) is 0 Å². The monoisotopic (exact) mass is 221 g/mol. The van der Waals surface area contributed by atoms with Crippen molar-refractivity contribution in [2.75, 3.05) is 0 Å². The predicted molar refractivity (Wildman–Crippen MR) is 67.0 cm³/mol. The summed E-state index contributed by atoms with van der Waals surface area (Å²) in [7, 11) is 0. The minimum absolute atomic E-state index is 0.0168. The normalized spacial score (nSPS) is 13.7. The molecule has 0 heterocycles. The van der Waals surface area contributed by atoms with Gasteiger partial charge in [0.25, 0.3) is 0 Å². The molecule has 1 aliphatic rings. The molecular weight excluding hydrogens is 210 g/mol. The molecule has 2 heteroatoms. The lowest BCUT2D eigenvalue weighted by atomic mass is 10.1. The van der Waals surface area contributed by atoms with Crippen LogP contribution in [0.25, 0.3) is 6.08 Å². The molecular formula is C15H11NO. The fraction of sp³-hybridized carbons (Fsp3) is 0.0667. The van der Waals surface area contributed by atoms with E-state index in [1.54, 1.807) is 24.3 Å². The summed E-state index contributed by atoms with van der Waals surface area (Å²) in [6.45, 7) is 0. The van der Waals surface area contributed by atoms with Crippen LogP contribution < -0.4 is 0 Å². The van der Waals surface area contributed by atoms with Crippen molar-refractivity contribution < 1.29 is 4.79 Å². The van der Waals surface area contributed by atoms with Gasteiger partial charge < -0.3 is 0 Å². The van der Waals surface area contributed by atoms with E-state index in [9.17, 15) is 4.79 Å². The van der Waals surface area contributed by atoms with E-state index in [0.29, 0.717) is 5.56 Å². The first-order chi connectivity index (χ1) is 8.29. The van der Waals surface area contributed by atoms with Crippen LogP contribution in [0.15, 0.2) is 54.1 Å². The Morgan fingerprint density at radius 2 is 2.06 bits per heavy atom. The van der Waals surface area contributed by atoms with Crippen molar-refractivity contribution in [3.05, 3.63) is 65.3 Å². The average molecular weight is 221 g/mol. The number of rotatable bonds is 3. The highest BCUT2D eigenvalue weighted by Crippen LogP contribution is 2.12. The lowest BCUT2D eigenvalue weighted by Crippen LogP contribution is -1.93. The summed E-state index contributed by atoms with van der Waals surface area (Å²) in [6, 6.07) is 9.17. The van der Waals surface area contributed by atoms with E-state index in [0.717, 1.165) is 17.6 Å². The van der Waals surface area contributed by atoms with E-state index in [4.69, 9.17) is 5.26 Å². The van der Waals surface area contributed by atoms with Crippen LogP contribution in [0.2, 0.25) is 0 Å². The molecule has 0 radical (unpaired) electrons. The molecule has 0 saturated heterocycles. The van der Waals surface area contributed by atoms with Crippen LogP contribution in [0, 0.1) is 11.3 Å². The fourth-order valence-electron chi connectivity index (χ4n) is 1.58. The zero-order chi connectivity index (χ0) is 12.1. The van der Waals surface area contributed by atoms with Gasteiger partial charge in [0.05, 0.1) is 11.6 Å². The molecule has 0 amide bonds. The first-order valence-electron chi connectivity index (χ1n) is 5.39. The SMILES string of the molecule is N#Cc1ccc(/C=C/C(=O)C2=CCC=C2)cc1. The summed E-state index contributed by atoms with van der Waals surface area (Å²) in [5, 5.41) is 8.65. The Hall–Kier alpha value is -2.40. The first-order valence-corrected chi connectivity index (χ1v) is 5.39. The van der Waals surface area contributed by atoms with Gasteiger partial charge in [-0.1, -0.05) is 36.4 Å². The summed E-state index contributed by atoms with van der Waals surface area (Å²) in [6.07, 6.45) is 9.87. The molecule has 1 aromatic rings. The van der Waals surface area contributed by atoms with Gasteiger partial charge in [0.1, 0.15) is 0 Å². The molecule has 0 saturated carbocycles. The molecule has 1 aliphatic carbocycles. The van der Waals surface area contributed by atoms with Gasteiger partial charge in [-0.05, 0) is 30.2 Å².